The van der Waals surface area contributed by atoms with Crippen LogP contribution >= 0.6 is 0 Å². The third-order valence-electron chi connectivity index (χ3n) is 12.5. The van der Waals surface area contributed by atoms with Crippen LogP contribution in [0.25, 0.3) is 111 Å². The Morgan fingerprint density at radius 3 is 1.15 bits per heavy atom. The number of aromatic nitrogens is 2. The second-order valence-electron chi connectivity index (χ2n) is 16.1. The van der Waals surface area contributed by atoms with Gasteiger partial charge in [-0.1, -0.05) is 188 Å². The molecule has 10 aromatic carbocycles. The highest BCUT2D eigenvalue weighted by Gasteiger charge is 2.18. The second kappa shape index (κ2) is 14.8. The highest BCUT2D eigenvalue weighted by molar-refractivity contribution is 6.12. The van der Waals surface area contributed by atoms with Crippen LogP contribution in [0, 0.1) is 0 Å². The van der Waals surface area contributed by atoms with Gasteiger partial charge in [-0.25, -0.2) is 0 Å². The predicted octanol–water partition coefficient (Wildman–Crippen LogP) is 16.2. The smallest absolute Gasteiger partial charge is 0.0547 e. The van der Waals surface area contributed by atoms with Crippen molar-refractivity contribution in [1.29, 1.82) is 0 Å². The van der Waals surface area contributed by atoms with Crippen molar-refractivity contribution in [1.82, 2.24) is 9.13 Å². The topological polar surface area (TPSA) is 9.86 Å². The van der Waals surface area contributed by atoms with Crippen LogP contribution in [0.5, 0.6) is 0 Å². The SMILES string of the molecule is c1ccc(-c2cc(-c3ccccc3)cc(-n3c4ccccc4c4ccc(-c5ccc6c7ccccc7n(-c7cccc(-c8ccccc8-c8ccccc8)c7)c6c5)cc43)c2)cc1. The van der Waals surface area contributed by atoms with Gasteiger partial charge in [-0.05, 0) is 110 Å². The zero-order chi connectivity index (χ0) is 41.0. The van der Waals surface area contributed by atoms with Gasteiger partial charge in [-0.3, -0.25) is 0 Å². The molecule has 0 bridgehead atoms. The molecule has 2 heteroatoms. The third-order valence-corrected chi connectivity index (χ3v) is 12.5. The molecule has 0 aliphatic carbocycles. The van der Waals surface area contributed by atoms with E-state index in [2.05, 4.69) is 252 Å². The number of hydrogen-bond acceptors (Lipinski definition) is 0. The molecule has 0 atom stereocenters. The van der Waals surface area contributed by atoms with E-state index < -0.39 is 0 Å². The first-order valence-electron chi connectivity index (χ1n) is 21.3. The molecule has 2 heterocycles. The maximum absolute atomic E-state index is 2.46. The van der Waals surface area contributed by atoms with Gasteiger partial charge in [0, 0.05) is 32.9 Å². The Kier molecular flexibility index (Phi) is 8.53. The zero-order valence-electron chi connectivity index (χ0n) is 34.0. The van der Waals surface area contributed by atoms with Crippen molar-refractivity contribution in [3.63, 3.8) is 0 Å². The summed E-state index contributed by atoms with van der Waals surface area (Å²) in [6.07, 6.45) is 0. The molecular weight excluding hydrogens is 749 g/mol. The molecule has 0 saturated carbocycles. The Balaban J connectivity index is 1.04. The van der Waals surface area contributed by atoms with Crippen molar-refractivity contribution in [3.05, 3.63) is 243 Å². The van der Waals surface area contributed by atoms with E-state index in [1.807, 2.05) is 0 Å². The fraction of sp³-hybridized carbons (Fsp3) is 0. The van der Waals surface area contributed by atoms with Gasteiger partial charge in [-0.2, -0.15) is 0 Å². The van der Waals surface area contributed by atoms with Crippen LogP contribution < -0.4 is 0 Å². The molecule has 2 nitrogen and oxygen atoms in total. The van der Waals surface area contributed by atoms with Gasteiger partial charge in [0.05, 0.1) is 22.1 Å². The van der Waals surface area contributed by atoms with E-state index in [1.165, 1.54) is 99.2 Å². The molecule has 0 spiro atoms. The minimum absolute atomic E-state index is 1.14. The van der Waals surface area contributed by atoms with Gasteiger partial charge in [0.2, 0.25) is 0 Å². The van der Waals surface area contributed by atoms with Crippen molar-refractivity contribution >= 4 is 43.6 Å². The van der Waals surface area contributed by atoms with Gasteiger partial charge >= 0.3 is 0 Å². The van der Waals surface area contributed by atoms with E-state index in [9.17, 15) is 0 Å². The van der Waals surface area contributed by atoms with Crippen LogP contribution in [0.2, 0.25) is 0 Å². The summed E-state index contributed by atoms with van der Waals surface area (Å²) in [6.45, 7) is 0. The number of rotatable bonds is 7. The quantitative estimate of drug-likeness (QED) is 0.152. The molecule has 290 valence electrons. The maximum atomic E-state index is 2.46. The molecular formula is C60H40N2. The van der Waals surface area contributed by atoms with Crippen molar-refractivity contribution in [2.24, 2.45) is 0 Å². The Bertz CT molecular complexity index is 3550. The zero-order valence-corrected chi connectivity index (χ0v) is 34.0. The monoisotopic (exact) mass is 788 g/mol. The third kappa shape index (κ3) is 6.04. The second-order valence-corrected chi connectivity index (χ2v) is 16.1. The van der Waals surface area contributed by atoms with Crippen LogP contribution in [0.3, 0.4) is 0 Å². The minimum atomic E-state index is 1.14. The fourth-order valence-corrected chi connectivity index (χ4v) is 9.61. The van der Waals surface area contributed by atoms with Crippen molar-refractivity contribution in [3.8, 4) is 67.0 Å². The van der Waals surface area contributed by atoms with E-state index in [0.29, 0.717) is 0 Å². The standard InChI is InChI=1S/C60H40N2/c1-4-17-41(18-5-1)47-35-48(42-19-6-2-7-20-42)38-50(37-47)62-58-30-15-13-28-54(58)56-34-32-45(40-60(56)62)44-31-33-55-53-27-12-14-29-57(53)61(59(55)39-44)49-24-16-23-46(36-49)52-26-11-10-25-51(52)43-21-8-3-9-22-43/h1-40H. The predicted molar refractivity (Wildman–Crippen MR) is 262 cm³/mol. The minimum Gasteiger partial charge on any atom is -0.309 e. The Morgan fingerprint density at radius 2 is 0.597 bits per heavy atom. The first-order valence-corrected chi connectivity index (χ1v) is 21.3. The first kappa shape index (κ1) is 35.7. The molecule has 0 aliphatic rings. The maximum Gasteiger partial charge on any atom is 0.0547 e. The van der Waals surface area contributed by atoms with Crippen LogP contribution in [0.1, 0.15) is 0 Å². The summed E-state index contributed by atoms with van der Waals surface area (Å²) in [5.74, 6) is 0. The lowest BCUT2D eigenvalue weighted by molar-refractivity contribution is 1.18. The Hall–Kier alpha value is -8.20. The average molecular weight is 789 g/mol. The number of benzene rings is 10. The summed E-state index contributed by atoms with van der Waals surface area (Å²) in [4.78, 5) is 0. The number of hydrogen-bond donors (Lipinski definition) is 0. The molecule has 0 aliphatic heterocycles. The summed E-state index contributed by atoms with van der Waals surface area (Å²) < 4.78 is 4.90. The van der Waals surface area contributed by atoms with Gasteiger partial charge in [0.1, 0.15) is 0 Å². The fourth-order valence-electron chi connectivity index (χ4n) is 9.61. The molecule has 12 aromatic rings. The lowest BCUT2D eigenvalue weighted by Gasteiger charge is -2.15. The summed E-state index contributed by atoms with van der Waals surface area (Å²) in [7, 11) is 0. The summed E-state index contributed by atoms with van der Waals surface area (Å²) in [6, 6.07) is 88.5. The molecule has 0 saturated heterocycles. The van der Waals surface area contributed by atoms with Crippen molar-refractivity contribution in [2.45, 2.75) is 0 Å². The average Bonchev–Trinajstić information content (AvgIpc) is 3.87. The number of fused-ring (bicyclic) bond motifs is 6. The molecule has 62 heavy (non-hydrogen) atoms. The summed E-state index contributed by atoms with van der Waals surface area (Å²) in [5.41, 5.74) is 19.0. The van der Waals surface area contributed by atoms with E-state index >= 15 is 0 Å². The van der Waals surface area contributed by atoms with E-state index in [0.717, 1.165) is 11.4 Å². The lowest BCUT2D eigenvalue weighted by atomic mass is 9.94. The van der Waals surface area contributed by atoms with Gasteiger partial charge in [0.15, 0.2) is 0 Å². The van der Waals surface area contributed by atoms with Crippen LogP contribution in [0.15, 0.2) is 243 Å². The highest BCUT2D eigenvalue weighted by Crippen LogP contribution is 2.41. The lowest BCUT2D eigenvalue weighted by Crippen LogP contribution is -1.96. The largest absolute Gasteiger partial charge is 0.309 e. The number of para-hydroxylation sites is 2. The summed E-state index contributed by atoms with van der Waals surface area (Å²) >= 11 is 0. The van der Waals surface area contributed by atoms with Crippen molar-refractivity contribution in [2.75, 3.05) is 0 Å². The van der Waals surface area contributed by atoms with Crippen LogP contribution in [-0.4, -0.2) is 9.13 Å². The van der Waals surface area contributed by atoms with Crippen molar-refractivity contribution < 1.29 is 0 Å². The molecule has 12 rings (SSSR count). The molecule has 0 unspecified atom stereocenters. The Labute approximate surface area is 360 Å². The van der Waals surface area contributed by atoms with Gasteiger partial charge in [-0.15, -0.1) is 0 Å². The molecule has 0 radical (unpaired) electrons. The van der Waals surface area contributed by atoms with Crippen LogP contribution in [-0.2, 0) is 0 Å². The Morgan fingerprint density at radius 1 is 0.194 bits per heavy atom. The van der Waals surface area contributed by atoms with E-state index in [1.54, 1.807) is 0 Å². The molecule has 2 aromatic heterocycles. The molecule has 0 fully saturated rings. The van der Waals surface area contributed by atoms with Crippen LogP contribution in [0.4, 0.5) is 0 Å². The normalized spacial score (nSPS) is 11.5. The van der Waals surface area contributed by atoms with E-state index in [4.69, 9.17) is 0 Å². The van der Waals surface area contributed by atoms with Gasteiger partial charge in [0.25, 0.3) is 0 Å². The van der Waals surface area contributed by atoms with Gasteiger partial charge < -0.3 is 9.13 Å². The number of nitrogens with zero attached hydrogens (tertiary/aromatic N) is 2. The summed E-state index contributed by atoms with van der Waals surface area (Å²) in [5, 5.41) is 4.95. The molecule has 0 N–H and O–H groups in total. The molecule has 0 amide bonds. The highest BCUT2D eigenvalue weighted by atomic mass is 15.0. The van der Waals surface area contributed by atoms with E-state index in [-0.39, 0.29) is 0 Å². The first-order chi connectivity index (χ1) is 30.7.